The van der Waals surface area contributed by atoms with Gasteiger partial charge in [-0.05, 0) is 48.9 Å². The summed E-state index contributed by atoms with van der Waals surface area (Å²) in [6.45, 7) is 5.41. The first-order valence-electron chi connectivity index (χ1n) is 6.19. The predicted octanol–water partition coefficient (Wildman–Crippen LogP) is 2.69. The SMILES string of the molecule is Cc1ccc(Br)cc1-c1nnnn1C(C)C(C)C(=O)O. The third-order valence-corrected chi connectivity index (χ3v) is 3.93. The van der Waals surface area contributed by atoms with E-state index in [1.807, 2.05) is 25.1 Å². The molecule has 7 heteroatoms. The number of aryl methyl sites for hydroxylation is 1. The summed E-state index contributed by atoms with van der Waals surface area (Å²) < 4.78 is 2.49. The first-order chi connectivity index (χ1) is 9.41. The first-order valence-corrected chi connectivity index (χ1v) is 6.98. The molecule has 2 unspecified atom stereocenters. The number of benzene rings is 1. The summed E-state index contributed by atoms with van der Waals surface area (Å²) >= 11 is 3.42. The van der Waals surface area contributed by atoms with Crippen molar-refractivity contribution in [1.29, 1.82) is 0 Å². The molecular weight excluding hydrogens is 324 g/mol. The molecule has 20 heavy (non-hydrogen) atoms. The maximum absolute atomic E-state index is 11.1. The Labute approximate surface area is 124 Å². The van der Waals surface area contributed by atoms with Crippen molar-refractivity contribution in [2.24, 2.45) is 5.92 Å². The van der Waals surface area contributed by atoms with E-state index in [0.29, 0.717) is 5.82 Å². The molecule has 0 aliphatic rings. The van der Waals surface area contributed by atoms with Crippen LogP contribution >= 0.6 is 15.9 Å². The molecule has 0 aliphatic carbocycles. The number of aromatic nitrogens is 4. The molecule has 0 bridgehead atoms. The van der Waals surface area contributed by atoms with E-state index in [1.54, 1.807) is 18.5 Å². The maximum Gasteiger partial charge on any atom is 0.308 e. The molecule has 2 aromatic rings. The van der Waals surface area contributed by atoms with E-state index in [2.05, 4.69) is 31.5 Å². The van der Waals surface area contributed by atoms with Crippen molar-refractivity contribution in [2.45, 2.75) is 26.8 Å². The normalized spacial score (nSPS) is 14.0. The van der Waals surface area contributed by atoms with Crippen molar-refractivity contribution >= 4 is 21.9 Å². The van der Waals surface area contributed by atoms with Gasteiger partial charge in [0.05, 0.1) is 12.0 Å². The lowest BCUT2D eigenvalue weighted by Gasteiger charge is -2.17. The Morgan fingerprint density at radius 2 is 2.10 bits per heavy atom. The first kappa shape index (κ1) is 14.6. The van der Waals surface area contributed by atoms with Gasteiger partial charge in [-0.15, -0.1) is 5.10 Å². The highest BCUT2D eigenvalue weighted by atomic mass is 79.9. The summed E-state index contributed by atoms with van der Waals surface area (Å²) in [5, 5.41) is 20.8. The molecule has 1 aromatic heterocycles. The monoisotopic (exact) mass is 338 g/mol. The fourth-order valence-corrected chi connectivity index (χ4v) is 2.26. The lowest BCUT2D eigenvalue weighted by Crippen LogP contribution is -2.23. The number of carboxylic acids is 1. The van der Waals surface area contributed by atoms with Crippen molar-refractivity contribution in [3.8, 4) is 11.4 Å². The maximum atomic E-state index is 11.1. The van der Waals surface area contributed by atoms with Gasteiger partial charge in [0.2, 0.25) is 0 Å². The summed E-state index contributed by atoms with van der Waals surface area (Å²) in [7, 11) is 0. The van der Waals surface area contributed by atoms with Crippen LogP contribution in [0.2, 0.25) is 0 Å². The zero-order valence-corrected chi connectivity index (χ0v) is 13.0. The van der Waals surface area contributed by atoms with Crippen LogP contribution in [0.3, 0.4) is 0 Å². The molecule has 0 amide bonds. The highest BCUT2D eigenvalue weighted by molar-refractivity contribution is 9.10. The molecule has 2 atom stereocenters. The molecule has 106 valence electrons. The van der Waals surface area contributed by atoms with Crippen molar-refractivity contribution in [3.63, 3.8) is 0 Å². The summed E-state index contributed by atoms with van der Waals surface area (Å²) in [5.41, 5.74) is 1.91. The van der Waals surface area contributed by atoms with Gasteiger partial charge < -0.3 is 5.11 Å². The second-order valence-corrected chi connectivity index (χ2v) is 5.69. The minimum absolute atomic E-state index is 0.337. The largest absolute Gasteiger partial charge is 0.481 e. The number of halogens is 1. The average Bonchev–Trinajstić information content (AvgIpc) is 2.88. The Bertz CT molecular complexity index is 641. The third-order valence-electron chi connectivity index (χ3n) is 3.43. The average molecular weight is 339 g/mol. The number of carbonyl (C=O) groups is 1. The summed E-state index contributed by atoms with van der Waals surface area (Å²) in [5.74, 6) is -0.876. The molecule has 0 radical (unpaired) electrons. The molecule has 2 rings (SSSR count). The van der Waals surface area contributed by atoms with E-state index in [9.17, 15) is 4.79 Å². The molecule has 0 aliphatic heterocycles. The van der Waals surface area contributed by atoms with Crippen LogP contribution in [0.5, 0.6) is 0 Å². The Morgan fingerprint density at radius 1 is 1.40 bits per heavy atom. The van der Waals surface area contributed by atoms with Crippen LogP contribution in [0.15, 0.2) is 22.7 Å². The predicted molar refractivity (Wildman–Crippen MR) is 77.2 cm³/mol. The second kappa shape index (κ2) is 5.70. The standard InChI is InChI=1S/C13H15BrN4O2/c1-7-4-5-10(14)6-11(7)12-15-16-17-18(12)9(3)8(2)13(19)20/h4-6,8-9H,1-3H3,(H,19,20). The summed E-state index contributed by atoms with van der Waals surface area (Å²) in [4.78, 5) is 11.1. The number of aliphatic carboxylic acids is 1. The fourth-order valence-electron chi connectivity index (χ4n) is 1.90. The van der Waals surface area contributed by atoms with Crippen LogP contribution in [-0.2, 0) is 4.79 Å². The van der Waals surface area contributed by atoms with Crippen molar-refractivity contribution in [2.75, 3.05) is 0 Å². The van der Waals surface area contributed by atoms with Gasteiger partial charge in [0.15, 0.2) is 5.82 Å². The van der Waals surface area contributed by atoms with E-state index in [4.69, 9.17) is 5.11 Å². The molecule has 0 spiro atoms. The molecule has 1 N–H and O–H groups in total. The quantitative estimate of drug-likeness (QED) is 0.926. The molecule has 6 nitrogen and oxygen atoms in total. The zero-order valence-electron chi connectivity index (χ0n) is 11.4. The second-order valence-electron chi connectivity index (χ2n) is 4.77. The van der Waals surface area contributed by atoms with Crippen molar-refractivity contribution < 1.29 is 9.90 Å². The van der Waals surface area contributed by atoms with E-state index >= 15 is 0 Å². The Hall–Kier alpha value is -1.76. The van der Waals surface area contributed by atoms with Crippen LogP contribution in [0.25, 0.3) is 11.4 Å². The number of hydrogen-bond donors (Lipinski definition) is 1. The number of rotatable bonds is 4. The minimum atomic E-state index is -0.870. The van der Waals surface area contributed by atoms with Crippen LogP contribution in [0.4, 0.5) is 0 Å². The van der Waals surface area contributed by atoms with E-state index < -0.39 is 11.9 Å². The van der Waals surface area contributed by atoms with Crippen LogP contribution in [0.1, 0.15) is 25.5 Å². The Kier molecular flexibility index (Phi) is 4.17. The zero-order chi connectivity index (χ0) is 14.9. The number of nitrogens with zero attached hydrogens (tertiary/aromatic N) is 4. The van der Waals surface area contributed by atoms with Gasteiger partial charge >= 0.3 is 5.97 Å². The van der Waals surface area contributed by atoms with Gasteiger partial charge in [0.25, 0.3) is 0 Å². The van der Waals surface area contributed by atoms with Crippen LogP contribution in [-0.4, -0.2) is 31.3 Å². The lowest BCUT2D eigenvalue weighted by atomic mass is 10.0. The van der Waals surface area contributed by atoms with E-state index in [1.165, 1.54) is 0 Å². The van der Waals surface area contributed by atoms with Crippen molar-refractivity contribution in [3.05, 3.63) is 28.2 Å². The topological polar surface area (TPSA) is 80.9 Å². The highest BCUT2D eigenvalue weighted by Gasteiger charge is 2.25. The fraction of sp³-hybridized carbons (Fsp3) is 0.385. The van der Waals surface area contributed by atoms with Gasteiger partial charge in [0.1, 0.15) is 0 Å². The van der Waals surface area contributed by atoms with Gasteiger partial charge in [-0.3, -0.25) is 4.79 Å². The van der Waals surface area contributed by atoms with E-state index in [-0.39, 0.29) is 6.04 Å². The molecule has 1 aromatic carbocycles. The Morgan fingerprint density at radius 3 is 2.75 bits per heavy atom. The Balaban J connectivity index is 2.48. The van der Waals surface area contributed by atoms with Crippen molar-refractivity contribution in [1.82, 2.24) is 20.2 Å². The van der Waals surface area contributed by atoms with Gasteiger partial charge in [-0.2, -0.15) is 0 Å². The molecule has 0 saturated heterocycles. The van der Waals surface area contributed by atoms with Crippen LogP contribution in [0, 0.1) is 12.8 Å². The molecule has 0 fully saturated rings. The summed E-state index contributed by atoms with van der Waals surface area (Å²) in [6.07, 6.45) is 0. The third kappa shape index (κ3) is 2.72. The smallest absolute Gasteiger partial charge is 0.308 e. The molecule has 0 saturated carbocycles. The highest BCUT2D eigenvalue weighted by Crippen LogP contribution is 2.28. The van der Waals surface area contributed by atoms with Gasteiger partial charge in [-0.1, -0.05) is 22.0 Å². The molecule has 1 heterocycles. The lowest BCUT2D eigenvalue weighted by molar-refractivity contribution is -0.142. The van der Waals surface area contributed by atoms with Gasteiger partial charge in [-0.25, -0.2) is 4.68 Å². The number of tetrazole rings is 1. The number of hydrogen-bond acceptors (Lipinski definition) is 4. The number of carboxylic acid groups (broad SMARTS) is 1. The minimum Gasteiger partial charge on any atom is -0.481 e. The summed E-state index contributed by atoms with van der Waals surface area (Å²) in [6, 6.07) is 5.49. The van der Waals surface area contributed by atoms with Gasteiger partial charge in [0, 0.05) is 10.0 Å². The van der Waals surface area contributed by atoms with Crippen LogP contribution < -0.4 is 0 Å². The molecular formula is C13H15BrN4O2. The van der Waals surface area contributed by atoms with E-state index in [0.717, 1.165) is 15.6 Å².